The lowest BCUT2D eigenvalue weighted by molar-refractivity contribution is -0.135. The van der Waals surface area contributed by atoms with Crippen LogP contribution in [0.15, 0.2) is 107 Å². The van der Waals surface area contributed by atoms with Gasteiger partial charge in [-0.05, 0) is 96.6 Å². The number of benzene rings is 4. The molecule has 0 fully saturated rings. The van der Waals surface area contributed by atoms with E-state index in [-0.39, 0.29) is 23.0 Å². The Morgan fingerprint density at radius 3 is 1.35 bits per heavy atom. The molecule has 0 N–H and O–H groups in total. The largest absolute Gasteiger partial charge is 1.00 e. The molecule has 0 spiro atoms. The van der Waals surface area contributed by atoms with Crippen LogP contribution in [0.2, 0.25) is 0 Å². The van der Waals surface area contributed by atoms with Crippen molar-refractivity contribution >= 4 is 51.2 Å². The van der Waals surface area contributed by atoms with E-state index in [1.54, 1.807) is 21.3 Å². The van der Waals surface area contributed by atoms with Gasteiger partial charge in [0.1, 0.15) is 46.6 Å². The van der Waals surface area contributed by atoms with E-state index in [2.05, 4.69) is 52.3 Å². The summed E-state index contributed by atoms with van der Waals surface area (Å²) in [7, 11) is 3.92. The molecule has 40 heavy (non-hydrogen) atoms. The van der Waals surface area contributed by atoms with Gasteiger partial charge in [-0.1, -0.05) is 28.1 Å². The van der Waals surface area contributed by atoms with Gasteiger partial charge in [-0.2, -0.15) is 0 Å². The van der Waals surface area contributed by atoms with Gasteiger partial charge in [-0.25, -0.2) is 4.79 Å². The standard InChI is InChI=1S/C32H31BrO5P.BrH/c1-35-26-9-15-29(16-10-26)39(30-17-11-27(36-2)12-18-30,31-19-13-28(37-3)14-20-31)22-24(32(34)38-4)21-23-5-7-25(33)8-6-23;/h5-21H,22H2,1-4H3;1H/q+1;/p-1/b24-21+;. The molecule has 0 amide bonds. The van der Waals surface area contributed by atoms with Crippen molar-refractivity contribution in [1.82, 2.24) is 0 Å². The van der Waals surface area contributed by atoms with Gasteiger partial charge in [0.15, 0.2) is 0 Å². The molecule has 0 aromatic heterocycles. The molecule has 0 radical (unpaired) electrons. The van der Waals surface area contributed by atoms with Gasteiger partial charge >= 0.3 is 5.97 Å². The van der Waals surface area contributed by atoms with Gasteiger partial charge < -0.3 is 35.9 Å². The van der Waals surface area contributed by atoms with Crippen molar-refractivity contribution in [2.45, 2.75) is 0 Å². The maximum absolute atomic E-state index is 13.3. The number of ether oxygens (including phenoxy) is 4. The first-order valence-electron chi connectivity index (χ1n) is 12.3. The minimum absolute atomic E-state index is 0. The Labute approximate surface area is 255 Å². The number of rotatable bonds is 10. The molecular weight excluding hydrogens is 655 g/mol. The molecule has 4 aromatic rings. The molecular formula is C32H31Br2O5P. The summed E-state index contributed by atoms with van der Waals surface area (Å²) in [6.45, 7) is 0. The van der Waals surface area contributed by atoms with Crippen LogP contribution < -0.4 is 47.1 Å². The third kappa shape index (κ3) is 6.95. The van der Waals surface area contributed by atoms with Crippen molar-refractivity contribution in [2.75, 3.05) is 34.6 Å². The monoisotopic (exact) mass is 684 g/mol. The van der Waals surface area contributed by atoms with Gasteiger partial charge in [0.05, 0.1) is 34.0 Å². The third-order valence-electron chi connectivity index (χ3n) is 6.61. The average molecular weight is 686 g/mol. The van der Waals surface area contributed by atoms with Crippen LogP contribution in [0.5, 0.6) is 17.2 Å². The van der Waals surface area contributed by atoms with E-state index in [9.17, 15) is 4.79 Å². The smallest absolute Gasteiger partial charge is 0.337 e. The highest BCUT2D eigenvalue weighted by molar-refractivity contribution is 9.10. The molecule has 0 atom stereocenters. The lowest BCUT2D eigenvalue weighted by Gasteiger charge is -2.28. The molecule has 0 unspecified atom stereocenters. The van der Waals surface area contributed by atoms with Gasteiger partial charge in [0, 0.05) is 4.47 Å². The fourth-order valence-electron chi connectivity index (χ4n) is 4.55. The first-order valence-corrected chi connectivity index (χ1v) is 15.1. The zero-order chi connectivity index (χ0) is 27.8. The van der Waals surface area contributed by atoms with Gasteiger partial charge in [0.25, 0.3) is 0 Å². The lowest BCUT2D eigenvalue weighted by Crippen LogP contribution is -3.00. The van der Waals surface area contributed by atoms with E-state index >= 15 is 0 Å². The number of hydrogen-bond acceptors (Lipinski definition) is 5. The second-order valence-electron chi connectivity index (χ2n) is 8.77. The second-order valence-corrected chi connectivity index (χ2v) is 13.2. The molecule has 0 bridgehead atoms. The number of carbonyl (C=O) groups excluding carboxylic acids is 1. The van der Waals surface area contributed by atoms with Gasteiger partial charge in [-0.15, -0.1) is 0 Å². The van der Waals surface area contributed by atoms with E-state index in [1.165, 1.54) is 7.11 Å². The Morgan fingerprint density at radius 1 is 0.650 bits per heavy atom. The Kier molecular flexibility index (Phi) is 11.4. The van der Waals surface area contributed by atoms with Crippen LogP contribution in [0.4, 0.5) is 0 Å². The topological polar surface area (TPSA) is 54.0 Å². The van der Waals surface area contributed by atoms with Crippen molar-refractivity contribution in [3.63, 3.8) is 0 Å². The second kappa shape index (κ2) is 14.5. The highest BCUT2D eigenvalue weighted by Gasteiger charge is 2.47. The van der Waals surface area contributed by atoms with Crippen molar-refractivity contribution in [3.05, 3.63) is 113 Å². The lowest BCUT2D eigenvalue weighted by atomic mass is 10.1. The first kappa shape index (κ1) is 31.4. The minimum Gasteiger partial charge on any atom is -1.00 e. The highest BCUT2D eigenvalue weighted by atomic mass is 79.9. The molecule has 0 saturated heterocycles. The van der Waals surface area contributed by atoms with Crippen molar-refractivity contribution < 1.29 is 40.7 Å². The normalized spacial score (nSPS) is 11.3. The summed E-state index contributed by atoms with van der Waals surface area (Å²) in [6.07, 6.45) is 2.37. The molecule has 4 rings (SSSR count). The maximum atomic E-state index is 13.3. The first-order chi connectivity index (χ1) is 18.9. The zero-order valence-corrected chi connectivity index (χ0v) is 26.8. The SMILES string of the molecule is COC(=O)/C(=C/c1ccc(Br)cc1)C[P+](c1ccc(OC)cc1)(c1ccc(OC)cc1)c1ccc(OC)cc1.[Br-]. The molecule has 5 nitrogen and oxygen atoms in total. The predicted octanol–water partition coefficient (Wildman–Crippen LogP) is 3.03. The van der Waals surface area contributed by atoms with Gasteiger partial charge in [0.2, 0.25) is 0 Å². The van der Waals surface area contributed by atoms with E-state index < -0.39 is 7.26 Å². The summed E-state index contributed by atoms with van der Waals surface area (Å²) >= 11 is 3.49. The third-order valence-corrected chi connectivity index (χ3v) is 11.5. The molecule has 0 aliphatic heterocycles. The molecule has 0 heterocycles. The number of halogens is 2. The summed E-state index contributed by atoms with van der Waals surface area (Å²) in [4.78, 5) is 13.3. The van der Waals surface area contributed by atoms with E-state index in [4.69, 9.17) is 18.9 Å². The van der Waals surface area contributed by atoms with E-state index in [1.807, 2.05) is 66.7 Å². The Morgan fingerprint density at radius 2 is 1.02 bits per heavy atom. The van der Waals surface area contributed by atoms with Crippen LogP contribution in [0.25, 0.3) is 6.08 Å². The van der Waals surface area contributed by atoms with Crippen LogP contribution >= 0.6 is 23.2 Å². The van der Waals surface area contributed by atoms with Crippen molar-refractivity contribution in [2.24, 2.45) is 0 Å². The molecule has 0 saturated carbocycles. The fourth-order valence-corrected chi connectivity index (χ4v) is 8.96. The van der Waals surface area contributed by atoms with Crippen molar-refractivity contribution in [3.8, 4) is 17.2 Å². The highest BCUT2D eigenvalue weighted by Crippen LogP contribution is 2.57. The average Bonchev–Trinajstić information content (AvgIpc) is 3.00. The number of carbonyl (C=O) groups is 1. The summed E-state index contributed by atoms with van der Waals surface area (Å²) in [6, 6.07) is 32.2. The Balaban J connectivity index is 0.00000441. The Bertz CT molecular complexity index is 1300. The predicted molar refractivity (Wildman–Crippen MR) is 164 cm³/mol. The molecule has 4 aromatic carbocycles. The van der Waals surface area contributed by atoms with Crippen LogP contribution in [0.1, 0.15) is 5.56 Å². The van der Waals surface area contributed by atoms with Crippen LogP contribution in [0, 0.1) is 0 Å². The zero-order valence-electron chi connectivity index (χ0n) is 22.8. The van der Waals surface area contributed by atoms with Crippen molar-refractivity contribution in [1.29, 1.82) is 0 Å². The minimum atomic E-state index is -2.46. The number of hydrogen-bond donors (Lipinski definition) is 0. The van der Waals surface area contributed by atoms with E-state index in [0.29, 0.717) is 11.7 Å². The number of methoxy groups -OCH3 is 4. The van der Waals surface area contributed by atoms with Crippen LogP contribution in [-0.4, -0.2) is 40.6 Å². The van der Waals surface area contributed by atoms with Gasteiger partial charge in [-0.3, -0.25) is 0 Å². The summed E-state index contributed by atoms with van der Waals surface area (Å²) in [5, 5.41) is 3.30. The molecule has 208 valence electrons. The molecule has 8 heteroatoms. The number of esters is 1. The molecule has 0 aliphatic rings. The molecule has 0 aliphatic carbocycles. The van der Waals surface area contributed by atoms with Crippen LogP contribution in [0.3, 0.4) is 0 Å². The summed E-state index contributed by atoms with van der Waals surface area (Å²) in [5.74, 6) is 1.93. The van der Waals surface area contributed by atoms with Crippen LogP contribution in [-0.2, 0) is 9.53 Å². The quantitative estimate of drug-likeness (QED) is 0.146. The van der Waals surface area contributed by atoms with E-state index in [0.717, 1.165) is 43.2 Å². The maximum Gasteiger partial charge on any atom is 0.337 e. The summed E-state index contributed by atoms with van der Waals surface area (Å²) in [5.41, 5.74) is 1.49. The summed E-state index contributed by atoms with van der Waals surface area (Å²) < 4.78 is 22.7. The Hall–Kier alpha value is -3.12. The fraction of sp³-hybridized carbons (Fsp3) is 0.156.